The Labute approximate surface area is 151 Å². The first-order valence-corrected chi connectivity index (χ1v) is 9.11. The molecular formula is C22H29NO2. The molecule has 2 aromatic carbocycles. The topological polar surface area (TPSA) is 49.3 Å². The number of aliphatic hydroxyl groups is 1. The number of hydrogen-bond donors (Lipinski definition) is 2. The third-order valence-corrected chi connectivity index (χ3v) is 4.39. The Hall–Kier alpha value is -2.13. The summed E-state index contributed by atoms with van der Waals surface area (Å²) in [5, 5.41) is 12.3. The Morgan fingerprint density at radius 1 is 1.04 bits per heavy atom. The number of nitrogens with one attached hydrogen (secondary N) is 1. The summed E-state index contributed by atoms with van der Waals surface area (Å²) in [4.78, 5) is 12.7. The van der Waals surface area contributed by atoms with Crippen LogP contribution in [0.2, 0.25) is 0 Å². The maximum absolute atomic E-state index is 12.7. The molecule has 3 heteroatoms. The lowest BCUT2D eigenvalue weighted by molar-refractivity contribution is 0.0940. The lowest BCUT2D eigenvalue weighted by Gasteiger charge is -2.19. The highest BCUT2D eigenvalue weighted by Crippen LogP contribution is 2.17. The van der Waals surface area contributed by atoms with Gasteiger partial charge in [0.05, 0.1) is 0 Å². The van der Waals surface area contributed by atoms with Crippen molar-refractivity contribution in [2.75, 3.05) is 13.2 Å². The van der Waals surface area contributed by atoms with Gasteiger partial charge in [-0.3, -0.25) is 4.79 Å². The molecule has 2 aromatic rings. The Kier molecular flexibility index (Phi) is 7.68. The van der Waals surface area contributed by atoms with Crippen LogP contribution < -0.4 is 5.32 Å². The summed E-state index contributed by atoms with van der Waals surface area (Å²) in [7, 11) is 0. The summed E-state index contributed by atoms with van der Waals surface area (Å²) in [5.74, 6) is 0.840. The van der Waals surface area contributed by atoms with Crippen LogP contribution >= 0.6 is 0 Å². The van der Waals surface area contributed by atoms with Gasteiger partial charge in [-0.05, 0) is 48.3 Å². The summed E-state index contributed by atoms with van der Waals surface area (Å²) >= 11 is 0. The van der Waals surface area contributed by atoms with Gasteiger partial charge >= 0.3 is 0 Å². The average molecular weight is 339 g/mol. The number of amides is 1. The molecule has 0 aromatic heterocycles. The molecule has 134 valence electrons. The molecular weight excluding hydrogens is 310 g/mol. The third kappa shape index (κ3) is 6.35. The molecule has 2 N–H and O–H groups in total. The van der Waals surface area contributed by atoms with Crippen molar-refractivity contribution in [3.8, 4) is 0 Å². The van der Waals surface area contributed by atoms with Crippen LogP contribution in [-0.2, 0) is 6.42 Å². The van der Waals surface area contributed by atoms with E-state index in [0.717, 1.165) is 30.4 Å². The maximum atomic E-state index is 12.7. The highest BCUT2D eigenvalue weighted by atomic mass is 16.3. The van der Waals surface area contributed by atoms with E-state index in [4.69, 9.17) is 0 Å². The van der Waals surface area contributed by atoms with Crippen molar-refractivity contribution in [3.63, 3.8) is 0 Å². The minimum absolute atomic E-state index is 0.0294. The van der Waals surface area contributed by atoms with Crippen LogP contribution in [-0.4, -0.2) is 24.2 Å². The first kappa shape index (κ1) is 19.2. The largest absolute Gasteiger partial charge is 0.396 e. The molecule has 0 fully saturated rings. The molecule has 0 aliphatic rings. The number of carbonyl (C=O) groups is 1. The molecule has 1 atom stereocenters. The Morgan fingerprint density at radius 2 is 1.72 bits per heavy atom. The molecule has 25 heavy (non-hydrogen) atoms. The number of carbonyl (C=O) groups excluding carboxylic acids is 1. The van der Waals surface area contributed by atoms with Gasteiger partial charge in [0, 0.05) is 18.7 Å². The second-order valence-corrected chi connectivity index (χ2v) is 7.04. The Bertz CT molecular complexity index is 652. The van der Waals surface area contributed by atoms with Crippen LogP contribution in [0.15, 0.2) is 54.6 Å². The second kappa shape index (κ2) is 10.00. The van der Waals surface area contributed by atoms with Gasteiger partial charge in [-0.25, -0.2) is 0 Å². The van der Waals surface area contributed by atoms with E-state index in [-0.39, 0.29) is 12.5 Å². The van der Waals surface area contributed by atoms with Gasteiger partial charge in [0.1, 0.15) is 0 Å². The predicted molar refractivity (Wildman–Crippen MR) is 103 cm³/mol. The van der Waals surface area contributed by atoms with Crippen LogP contribution in [0.5, 0.6) is 0 Å². The molecule has 3 nitrogen and oxygen atoms in total. The second-order valence-electron chi connectivity index (χ2n) is 7.04. The highest BCUT2D eigenvalue weighted by Gasteiger charge is 2.15. The van der Waals surface area contributed by atoms with Crippen molar-refractivity contribution in [2.45, 2.75) is 33.1 Å². The summed E-state index contributed by atoms with van der Waals surface area (Å²) in [6, 6.07) is 18.0. The number of rotatable bonds is 9. The van der Waals surface area contributed by atoms with E-state index in [1.807, 2.05) is 42.5 Å². The van der Waals surface area contributed by atoms with Crippen LogP contribution in [0.3, 0.4) is 0 Å². The molecule has 2 rings (SSSR count). The molecule has 0 aliphatic heterocycles. The third-order valence-electron chi connectivity index (χ3n) is 4.39. The van der Waals surface area contributed by atoms with Crippen molar-refractivity contribution in [2.24, 2.45) is 11.8 Å². The van der Waals surface area contributed by atoms with Crippen molar-refractivity contribution < 1.29 is 9.90 Å². The maximum Gasteiger partial charge on any atom is 0.251 e. The van der Waals surface area contributed by atoms with Gasteiger partial charge in [0.2, 0.25) is 0 Å². The Balaban J connectivity index is 2.03. The van der Waals surface area contributed by atoms with Gasteiger partial charge < -0.3 is 10.4 Å². The molecule has 0 radical (unpaired) electrons. The molecule has 0 heterocycles. The van der Waals surface area contributed by atoms with Crippen LogP contribution in [0.25, 0.3) is 0 Å². The van der Waals surface area contributed by atoms with E-state index in [1.165, 1.54) is 5.56 Å². The van der Waals surface area contributed by atoms with E-state index < -0.39 is 0 Å². The van der Waals surface area contributed by atoms with E-state index >= 15 is 0 Å². The standard InChI is InChI=1S/C22H29NO2/c1-17(2)14-19(12-13-24)16-23-22(25)21-11-7-6-10-20(21)15-18-8-4-3-5-9-18/h3-11,17,19,24H,12-16H2,1-2H3,(H,23,25)/t19-/m1/s1. The fraction of sp³-hybridized carbons (Fsp3) is 0.409. The fourth-order valence-electron chi connectivity index (χ4n) is 3.20. The molecule has 0 bridgehead atoms. The van der Waals surface area contributed by atoms with Crippen molar-refractivity contribution in [1.82, 2.24) is 5.32 Å². The van der Waals surface area contributed by atoms with Crippen LogP contribution in [0.1, 0.15) is 48.2 Å². The molecule has 1 amide bonds. The van der Waals surface area contributed by atoms with Gasteiger partial charge in [-0.15, -0.1) is 0 Å². The minimum Gasteiger partial charge on any atom is -0.396 e. The van der Waals surface area contributed by atoms with E-state index in [2.05, 4.69) is 31.3 Å². The molecule has 0 aliphatic carbocycles. The Morgan fingerprint density at radius 3 is 2.40 bits per heavy atom. The molecule has 0 unspecified atom stereocenters. The van der Waals surface area contributed by atoms with E-state index in [0.29, 0.717) is 18.4 Å². The average Bonchev–Trinajstić information content (AvgIpc) is 2.60. The molecule has 0 spiro atoms. The lowest BCUT2D eigenvalue weighted by atomic mass is 9.94. The number of benzene rings is 2. The zero-order valence-electron chi connectivity index (χ0n) is 15.2. The predicted octanol–water partition coefficient (Wildman–Crippen LogP) is 4.05. The number of aliphatic hydroxyl groups excluding tert-OH is 1. The quantitative estimate of drug-likeness (QED) is 0.724. The molecule has 0 saturated heterocycles. The number of hydrogen-bond acceptors (Lipinski definition) is 2. The van der Waals surface area contributed by atoms with E-state index in [9.17, 15) is 9.90 Å². The van der Waals surface area contributed by atoms with E-state index in [1.54, 1.807) is 0 Å². The lowest BCUT2D eigenvalue weighted by Crippen LogP contribution is -2.31. The van der Waals surface area contributed by atoms with Gasteiger partial charge in [-0.1, -0.05) is 62.4 Å². The van der Waals surface area contributed by atoms with Gasteiger partial charge in [0.25, 0.3) is 5.91 Å². The monoisotopic (exact) mass is 339 g/mol. The summed E-state index contributed by atoms with van der Waals surface area (Å²) in [6.07, 6.45) is 2.48. The normalized spacial score (nSPS) is 12.2. The van der Waals surface area contributed by atoms with Crippen LogP contribution in [0, 0.1) is 11.8 Å². The van der Waals surface area contributed by atoms with Crippen LogP contribution in [0.4, 0.5) is 0 Å². The first-order chi connectivity index (χ1) is 12.1. The minimum atomic E-state index is -0.0294. The first-order valence-electron chi connectivity index (χ1n) is 9.11. The van der Waals surface area contributed by atoms with Gasteiger partial charge in [0.15, 0.2) is 0 Å². The highest BCUT2D eigenvalue weighted by molar-refractivity contribution is 5.95. The fourth-order valence-corrected chi connectivity index (χ4v) is 3.20. The smallest absolute Gasteiger partial charge is 0.251 e. The SMILES string of the molecule is CC(C)C[C@@H](CCO)CNC(=O)c1ccccc1Cc1ccccc1. The van der Waals surface area contributed by atoms with Gasteiger partial charge in [-0.2, -0.15) is 0 Å². The molecule has 0 saturated carbocycles. The zero-order valence-corrected chi connectivity index (χ0v) is 15.2. The summed E-state index contributed by atoms with van der Waals surface area (Å²) < 4.78 is 0. The van der Waals surface area contributed by atoms with Crippen molar-refractivity contribution in [3.05, 3.63) is 71.3 Å². The van der Waals surface area contributed by atoms with Crippen molar-refractivity contribution >= 4 is 5.91 Å². The van der Waals surface area contributed by atoms with Crippen molar-refractivity contribution in [1.29, 1.82) is 0 Å². The summed E-state index contributed by atoms with van der Waals surface area (Å²) in [5.41, 5.74) is 2.97. The summed E-state index contributed by atoms with van der Waals surface area (Å²) in [6.45, 7) is 5.11. The zero-order chi connectivity index (χ0) is 18.1.